The van der Waals surface area contributed by atoms with Crippen LogP contribution >= 0.6 is 12.2 Å². The molecule has 1 aliphatic rings. The Balaban J connectivity index is 2.00. The van der Waals surface area contributed by atoms with E-state index in [0.717, 1.165) is 25.9 Å². The summed E-state index contributed by atoms with van der Waals surface area (Å²) in [6.45, 7) is 1.43. The summed E-state index contributed by atoms with van der Waals surface area (Å²) in [5, 5.41) is 2.83. The summed E-state index contributed by atoms with van der Waals surface area (Å²) >= 11 is 4.74. The average molecular weight is 230 g/mol. The summed E-state index contributed by atoms with van der Waals surface area (Å²) in [5.41, 5.74) is 5.34. The first-order chi connectivity index (χ1) is 7.18. The Hall–Kier alpha value is -0.680. The van der Waals surface area contributed by atoms with E-state index < -0.39 is 0 Å². The molecule has 1 saturated heterocycles. The molecule has 1 amide bonds. The largest absolute Gasteiger partial charge is 0.393 e. The Morgan fingerprint density at radius 3 is 3.00 bits per heavy atom. The van der Waals surface area contributed by atoms with Gasteiger partial charge in [0.25, 0.3) is 0 Å². The second kappa shape index (κ2) is 6.74. The maximum absolute atomic E-state index is 11.4. The van der Waals surface area contributed by atoms with E-state index in [0.29, 0.717) is 24.4 Å². The van der Waals surface area contributed by atoms with E-state index in [2.05, 4.69) is 5.32 Å². The molecule has 3 N–H and O–H groups in total. The van der Waals surface area contributed by atoms with Gasteiger partial charge < -0.3 is 15.8 Å². The number of hydrogen-bond acceptors (Lipinski definition) is 3. The number of ether oxygens (including phenoxy) is 1. The fourth-order valence-corrected chi connectivity index (χ4v) is 1.72. The van der Waals surface area contributed by atoms with Gasteiger partial charge in [0, 0.05) is 13.2 Å². The van der Waals surface area contributed by atoms with E-state index in [1.807, 2.05) is 0 Å². The van der Waals surface area contributed by atoms with Crippen molar-refractivity contribution in [1.82, 2.24) is 5.32 Å². The quantitative estimate of drug-likeness (QED) is 0.522. The molecule has 4 nitrogen and oxygen atoms in total. The highest BCUT2D eigenvalue weighted by atomic mass is 32.1. The number of nitrogens with one attached hydrogen (secondary N) is 1. The Labute approximate surface area is 95.5 Å². The first kappa shape index (κ1) is 12.4. The Morgan fingerprint density at radius 2 is 2.40 bits per heavy atom. The van der Waals surface area contributed by atoms with E-state index >= 15 is 0 Å². The van der Waals surface area contributed by atoms with Gasteiger partial charge in [-0.3, -0.25) is 4.79 Å². The van der Waals surface area contributed by atoms with Crippen LogP contribution in [0.1, 0.15) is 32.1 Å². The predicted octanol–water partition coefficient (Wildman–Crippen LogP) is 0.738. The van der Waals surface area contributed by atoms with Crippen molar-refractivity contribution in [3.8, 4) is 0 Å². The van der Waals surface area contributed by atoms with Crippen molar-refractivity contribution in [2.24, 2.45) is 5.73 Å². The smallest absolute Gasteiger partial charge is 0.222 e. The van der Waals surface area contributed by atoms with Crippen LogP contribution in [0.15, 0.2) is 0 Å². The molecule has 0 bridgehead atoms. The van der Waals surface area contributed by atoms with Crippen LogP contribution in [-0.4, -0.2) is 30.2 Å². The SMILES string of the molecule is NC(=S)CCCNC(=O)CC1CCCO1. The Kier molecular flexibility index (Phi) is 5.57. The van der Waals surface area contributed by atoms with Crippen molar-refractivity contribution in [2.75, 3.05) is 13.2 Å². The molecular weight excluding hydrogens is 212 g/mol. The van der Waals surface area contributed by atoms with Gasteiger partial charge in [0.05, 0.1) is 17.5 Å². The van der Waals surface area contributed by atoms with Crippen LogP contribution in [0.5, 0.6) is 0 Å². The normalized spacial score (nSPS) is 20.1. The number of rotatable bonds is 6. The zero-order valence-corrected chi connectivity index (χ0v) is 9.65. The number of carbonyl (C=O) groups excluding carboxylic acids is 1. The molecule has 15 heavy (non-hydrogen) atoms. The molecule has 0 saturated carbocycles. The number of carbonyl (C=O) groups is 1. The molecule has 1 atom stereocenters. The molecule has 1 aliphatic heterocycles. The van der Waals surface area contributed by atoms with Crippen LogP contribution in [0, 0.1) is 0 Å². The van der Waals surface area contributed by atoms with Crippen LogP contribution in [-0.2, 0) is 9.53 Å². The lowest BCUT2D eigenvalue weighted by atomic mass is 10.2. The lowest BCUT2D eigenvalue weighted by Gasteiger charge is -2.09. The van der Waals surface area contributed by atoms with Crippen molar-refractivity contribution in [3.05, 3.63) is 0 Å². The number of amides is 1. The maximum atomic E-state index is 11.4. The molecule has 0 aliphatic carbocycles. The second-order valence-corrected chi connectivity index (χ2v) is 4.28. The zero-order chi connectivity index (χ0) is 11.1. The van der Waals surface area contributed by atoms with Crippen molar-refractivity contribution in [1.29, 1.82) is 0 Å². The van der Waals surface area contributed by atoms with Gasteiger partial charge in [0.2, 0.25) is 5.91 Å². The first-order valence-corrected chi connectivity index (χ1v) is 5.76. The van der Waals surface area contributed by atoms with Crippen LogP contribution in [0.2, 0.25) is 0 Å². The van der Waals surface area contributed by atoms with Crippen molar-refractivity contribution in [3.63, 3.8) is 0 Å². The van der Waals surface area contributed by atoms with Crippen LogP contribution in [0.3, 0.4) is 0 Å². The van der Waals surface area contributed by atoms with Crippen LogP contribution < -0.4 is 11.1 Å². The maximum Gasteiger partial charge on any atom is 0.222 e. The third kappa shape index (κ3) is 5.69. The Bertz CT molecular complexity index is 227. The summed E-state index contributed by atoms with van der Waals surface area (Å²) in [7, 11) is 0. The average Bonchev–Trinajstić information content (AvgIpc) is 2.64. The van der Waals surface area contributed by atoms with E-state index in [4.69, 9.17) is 22.7 Å². The highest BCUT2D eigenvalue weighted by molar-refractivity contribution is 7.80. The number of nitrogens with two attached hydrogens (primary N) is 1. The topological polar surface area (TPSA) is 64.3 Å². The highest BCUT2D eigenvalue weighted by Gasteiger charge is 2.18. The van der Waals surface area contributed by atoms with Gasteiger partial charge in [-0.15, -0.1) is 0 Å². The van der Waals surface area contributed by atoms with Gasteiger partial charge >= 0.3 is 0 Å². The lowest BCUT2D eigenvalue weighted by Crippen LogP contribution is -2.28. The molecule has 0 aromatic carbocycles. The first-order valence-electron chi connectivity index (χ1n) is 5.35. The van der Waals surface area contributed by atoms with E-state index in [-0.39, 0.29) is 12.0 Å². The molecule has 0 aromatic rings. The van der Waals surface area contributed by atoms with Gasteiger partial charge in [0.15, 0.2) is 0 Å². The molecule has 0 radical (unpaired) electrons. The molecule has 1 fully saturated rings. The van der Waals surface area contributed by atoms with Gasteiger partial charge in [-0.2, -0.15) is 0 Å². The van der Waals surface area contributed by atoms with Gasteiger partial charge in [-0.05, 0) is 25.7 Å². The minimum absolute atomic E-state index is 0.0600. The molecule has 1 heterocycles. The summed E-state index contributed by atoms with van der Waals surface area (Å²) < 4.78 is 5.37. The van der Waals surface area contributed by atoms with E-state index in [1.54, 1.807) is 0 Å². The molecule has 1 rings (SSSR count). The summed E-state index contributed by atoms with van der Waals surface area (Å²) in [4.78, 5) is 11.9. The Morgan fingerprint density at radius 1 is 1.60 bits per heavy atom. The molecular formula is C10H18N2O2S. The standard InChI is InChI=1S/C10H18N2O2S/c11-9(15)4-1-5-12-10(13)7-8-3-2-6-14-8/h8H,1-7H2,(H2,11,15)(H,12,13). The minimum atomic E-state index is 0.0600. The van der Waals surface area contributed by atoms with Crippen molar-refractivity contribution < 1.29 is 9.53 Å². The number of hydrogen-bond donors (Lipinski definition) is 2. The monoisotopic (exact) mass is 230 g/mol. The summed E-state index contributed by atoms with van der Waals surface area (Å²) in [5.74, 6) is 0.0600. The van der Waals surface area contributed by atoms with E-state index in [1.165, 1.54) is 0 Å². The van der Waals surface area contributed by atoms with E-state index in [9.17, 15) is 4.79 Å². The van der Waals surface area contributed by atoms with Crippen LogP contribution in [0.4, 0.5) is 0 Å². The zero-order valence-electron chi connectivity index (χ0n) is 8.83. The highest BCUT2D eigenvalue weighted by Crippen LogP contribution is 2.14. The fraction of sp³-hybridized carbons (Fsp3) is 0.800. The molecule has 86 valence electrons. The van der Waals surface area contributed by atoms with Gasteiger partial charge in [0.1, 0.15) is 0 Å². The minimum Gasteiger partial charge on any atom is -0.393 e. The third-order valence-electron chi connectivity index (χ3n) is 2.36. The van der Waals surface area contributed by atoms with Gasteiger partial charge in [-0.25, -0.2) is 0 Å². The van der Waals surface area contributed by atoms with Crippen LogP contribution in [0.25, 0.3) is 0 Å². The summed E-state index contributed by atoms with van der Waals surface area (Å²) in [6.07, 6.45) is 4.18. The van der Waals surface area contributed by atoms with Crippen molar-refractivity contribution >= 4 is 23.1 Å². The van der Waals surface area contributed by atoms with Crippen molar-refractivity contribution in [2.45, 2.75) is 38.2 Å². The fourth-order valence-electron chi connectivity index (χ4n) is 1.57. The van der Waals surface area contributed by atoms with Gasteiger partial charge in [-0.1, -0.05) is 12.2 Å². The number of thiocarbonyl (C=S) groups is 1. The molecule has 0 spiro atoms. The molecule has 0 aromatic heterocycles. The second-order valence-electron chi connectivity index (χ2n) is 3.76. The predicted molar refractivity (Wildman–Crippen MR) is 62.6 cm³/mol. The summed E-state index contributed by atoms with van der Waals surface area (Å²) in [6, 6.07) is 0. The lowest BCUT2D eigenvalue weighted by molar-refractivity contribution is -0.123. The third-order valence-corrected chi connectivity index (χ3v) is 2.56. The molecule has 5 heteroatoms. The molecule has 1 unspecified atom stereocenters.